The first-order chi connectivity index (χ1) is 12.7. The number of nitrogens with zero attached hydrogens (tertiary/aromatic N) is 1. The number of hydrogen-bond donors (Lipinski definition) is 1. The third kappa shape index (κ3) is 4.43. The number of anilines is 1. The number of likely N-dealkylation sites (tertiary alicyclic amines) is 1. The third-order valence-corrected chi connectivity index (χ3v) is 7.05. The minimum Gasteiger partial charge on any atom is -0.399 e. The molecule has 4 rings (SSSR count). The first kappa shape index (κ1) is 18.3. The van der Waals surface area contributed by atoms with E-state index in [0.717, 1.165) is 24.1 Å². The smallest absolute Gasteiger partial charge is 0.0580 e. The first-order valence-corrected chi connectivity index (χ1v) is 10.9. The van der Waals surface area contributed by atoms with E-state index in [1.807, 2.05) is 0 Å². The second-order valence-corrected chi connectivity index (χ2v) is 9.01. The zero-order valence-electron chi connectivity index (χ0n) is 16.5. The first-order valence-electron chi connectivity index (χ1n) is 10.9. The number of nitrogen functional groups attached to an aromatic ring is 1. The highest BCUT2D eigenvalue weighted by atomic mass is 16.5. The molecule has 1 saturated heterocycles. The Morgan fingerprint density at radius 1 is 0.962 bits per heavy atom. The van der Waals surface area contributed by atoms with Gasteiger partial charge >= 0.3 is 0 Å². The Hall–Kier alpha value is -1.06. The largest absolute Gasteiger partial charge is 0.399 e. The summed E-state index contributed by atoms with van der Waals surface area (Å²) in [6.07, 6.45) is 14.2. The molecule has 1 aromatic carbocycles. The SMILES string of the molecule is Cc1ccc(N)c(CC2CCN(C3CCC(OC4CCC4)CC3)CC2)c1. The lowest BCUT2D eigenvalue weighted by Gasteiger charge is -2.42. The zero-order valence-corrected chi connectivity index (χ0v) is 16.5. The Labute approximate surface area is 159 Å². The molecule has 0 radical (unpaired) electrons. The maximum Gasteiger partial charge on any atom is 0.0580 e. The molecule has 0 atom stereocenters. The van der Waals surface area contributed by atoms with Crippen molar-refractivity contribution in [1.82, 2.24) is 4.90 Å². The van der Waals surface area contributed by atoms with Crippen LogP contribution in [0.2, 0.25) is 0 Å². The van der Waals surface area contributed by atoms with Gasteiger partial charge in [-0.2, -0.15) is 0 Å². The van der Waals surface area contributed by atoms with E-state index in [1.165, 1.54) is 82.0 Å². The standard InChI is InChI=1S/C23H36N2O/c1-17-5-10-23(24)19(15-17)16-18-11-13-25(14-12-18)20-6-8-22(9-7-20)26-21-3-2-4-21/h5,10,15,18,20-22H,2-4,6-9,11-14,16,24H2,1H3. The van der Waals surface area contributed by atoms with E-state index in [1.54, 1.807) is 0 Å². The van der Waals surface area contributed by atoms with Crippen LogP contribution in [0.4, 0.5) is 5.69 Å². The third-order valence-electron chi connectivity index (χ3n) is 7.05. The van der Waals surface area contributed by atoms with Gasteiger partial charge in [-0.3, -0.25) is 0 Å². The van der Waals surface area contributed by atoms with Gasteiger partial charge in [0.25, 0.3) is 0 Å². The Morgan fingerprint density at radius 3 is 2.31 bits per heavy atom. The molecule has 3 fully saturated rings. The van der Waals surface area contributed by atoms with E-state index in [2.05, 4.69) is 30.0 Å². The number of rotatable bonds is 5. The predicted molar refractivity (Wildman–Crippen MR) is 108 cm³/mol. The van der Waals surface area contributed by atoms with E-state index in [9.17, 15) is 0 Å². The number of nitrogens with two attached hydrogens (primary N) is 1. The number of hydrogen-bond acceptors (Lipinski definition) is 3. The van der Waals surface area contributed by atoms with Gasteiger partial charge in [-0.1, -0.05) is 17.7 Å². The summed E-state index contributed by atoms with van der Waals surface area (Å²) in [5.41, 5.74) is 9.85. The van der Waals surface area contributed by atoms with Crippen molar-refractivity contribution in [2.45, 2.75) is 89.4 Å². The fourth-order valence-corrected chi connectivity index (χ4v) is 5.07. The normalized spacial score (nSPS) is 28.8. The molecule has 0 unspecified atom stereocenters. The van der Waals surface area contributed by atoms with Crippen molar-refractivity contribution in [3.8, 4) is 0 Å². The average molecular weight is 357 g/mol. The van der Waals surface area contributed by atoms with Crippen LogP contribution in [-0.2, 0) is 11.2 Å². The fourth-order valence-electron chi connectivity index (χ4n) is 5.07. The molecule has 26 heavy (non-hydrogen) atoms. The van der Waals surface area contributed by atoms with Crippen LogP contribution >= 0.6 is 0 Å². The Morgan fingerprint density at radius 2 is 1.65 bits per heavy atom. The summed E-state index contributed by atoms with van der Waals surface area (Å²) in [6, 6.07) is 7.28. The molecule has 0 amide bonds. The quantitative estimate of drug-likeness (QED) is 0.776. The summed E-state index contributed by atoms with van der Waals surface area (Å²) < 4.78 is 6.24. The van der Waals surface area contributed by atoms with Crippen LogP contribution in [-0.4, -0.2) is 36.2 Å². The van der Waals surface area contributed by atoms with E-state index in [4.69, 9.17) is 10.5 Å². The van der Waals surface area contributed by atoms with E-state index in [0.29, 0.717) is 12.2 Å². The zero-order chi connectivity index (χ0) is 17.9. The molecule has 2 aliphatic carbocycles. The van der Waals surface area contributed by atoms with Gasteiger partial charge in [0, 0.05) is 11.7 Å². The van der Waals surface area contributed by atoms with Gasteiger partial charge < -0.3 is 15.4 Å². The van der Waals surface area contributed by atoms with Crippen LogP contribution in [0.15, 0.2) is 18.2 Å². The number of benzene rings is 1. The summed E-state index contributed by atoms with van der Waals surface area (Å²) in [6.45, 7) is 4.71. The van der Waals surface area contributed by atoms with Gasteiger partial charge in [-0.05, 0) is 102 Å². The molecule has 0 aromatic heterocycles. The van der Waals surface area contributed by atoms with Crippen molar-refractivity contribution in [3.05, 3.63) is 29.3 Å². The predicted octanol–water partition coefficient (Wildman–Crippen LogP) is 4.71. The molecule has 2 saturated carbocycles. The lowest BCUT2D eigenvalue weighted by Crippen LogP contribution is -2.44. The van der Waals surface area contributed by atoms with Gasteiger partial charge in [0.05, 0.1) is 12.2 Å². The van der Waals surface area contributed by atoms with Gasteiger partial charge in [0.1, 0.15) is 0 Å². The highest BCUT2D eigenvalue weighted by Crippen LogP contribution is 2.33. The average Bonchev–Trinajstić information content (AvgIpc) is 2.63. The molecule has 2 N–H and O–H groups in total. The molecule has 144 valence electrons. The summed E-state index contributed by atoms with van der Waals surface area (Å²) >= 11 is 0. The lowest BCUT2D eigenvalue weighted by atomic mass is 9.86. The number of piperidine rings is 1. The molecule has 3 nitrogen and oxygen atoms in total. The van der Waals surface area contributed by atoms with Crippen molar-refractivity contribution in [1.29, 1.82) is 0 Å². The molecule has 3 heteroatoms. The molecule has 1 aromatic rings. The summed E-state index contributed by atoms with van der Waals surface area (Å²) in [5, 5.41) is 0. The monoisotopic (exact) mass is 356 g/mol. The van der Waals surface area contributed by atoms with E-state index >= 15 is 0 Å². The van der Waals surface area contributed by atoms with Crippen LogP contribution in [0.1, 0.15) is 68.9 Å². The van der Waals surface area contributed by atoms with Crippen molar-refractivity contribution in [2.24, 2.45) is 5.92 Å². The summed E-state index contributed by atoms with van der Waals surface area (Å²) in [7, 11) is 0. The highest BCUT2D eigenvalue weighted by molar-refractivity contribution is 5.48. The van der Waals surface area contributed by atoms with E-state index in [-0.39, 0.29) is 0 Å². The van der Waals surface area contributed by atoms with Crippen LogP contribution in [0, 0.1) is 12.8 Å². The van der Waals surface area contributed by atoms with Crippen LogP contribution in [0.5, 0.6) is 0 Å². The molecular formula is C23H36N2O. The number of aryl methyl sites for hydroxylation is 1. The van der Waals surface area contributed by atoms with Crippen molar-refractivity contribution in [3.63, 3.8) is 0 Å². The minimum atomic E-state index is 0.554. The van der Waals surface area contributed by atoms with Gasteiger partial charge in [0.2, 0.25) is 0 Å². The topological polar surface area (TPSA) is 38.5 Å². The molecule has 0 spiro atoms. The van der Waals surface area contributed by atoms with Crippen LogP contribution in [0.25, 0.3) is 0 Å². The van der Waals surface area contributed by atoms with E-state index < -0.39 is 0 Å². The Balaban J connectivity index is 1.21. The van der Waals surface area contributed by atoms with Crippen molar-refractivity contribution >= 4 is 5.69 Å². The highest BCUT2D eigenvalue weighted by Gasteiger charge is 2.31. The van der Waals surface area contributed by atoms with Crippen LogP contribution < -0.4 is 5.73 Å². The van der Waals surface area contributed by atoms with Gasteiger partial charge in [0.15, 0.2) is 0 Å². The molecule has 1 heterocycles. The molecule has 0 bridgehead atoms. The fraction of sp³-hybridized carbons (Fsp3) is 0.739. The summed E-state index contributed by atoms with van der Waals surface area (Å²) in [4.78, 5) is 2.77. The Bertz CT molecular complexity index is 582. The minimum absolute atomic E-state index is 0.554. The van der Waals surface area contributed by atoms with Crippen LogP contribution in [0.3, 0.4) is 0 Å². The Kier molecular flexibility index (Phi) is 5.85. The van der Waals surface area contributed by atoms with Gasteiger partial charge in [-0.15, -0.1) is 0 Å². The second kappa shape index (κ2) is 8.31. The molecular weight excluding hydrogens is 320 g/mol. The second-order valence-electron chi connectivity index (χ2n) is 9.01. The molecule has 1 aliphatic heterocycles. The van der Waals surface area contributed by atoms with Gasteiger partial charge in [-0.25, -0.2) is 0 Å². The maximum absolute atomic E-state index is 6.24. The molecule has 3 aliphatic rings. The summed E-state index contributed by atoms with van der Waals surface area (Å²) in [5.74, 6) is 0.800. The van der Waals surface area contributed by atoms with Crippen molar-refractivity contribution < 1.29 is 4.74 Å². The number of ether oxygens (including phenoxy) is 1. The van der Waals surface area contributed by atoms with Crippen molar-refractivity contribution in [2.75, 3.05) is 18.8 Å². The lowest BCUT2D eigenvalue weighted by molar-refractivity contribution is -0.0738. The maximum atomic E-state index is 6.24.